The van der Waals surface area contributed by atoms with E-state index in [4.69, 9.17) is 16.3 Å². The molecule has 0 fully saturated rings. The molecule has 2 rings (SSSR count). The van der Waals surface area contributed by atoms with Gasteiger partial charge in [-0.05, 0) is 32.2 Å². The van der Waals surface area contributed by atoms with Crippen molar-refractivity contribution in [2.45, 2.75) is 18.8 Å². The van der Waals surface area contributed by atoms with E-state index < -0.39 is 0 Å². The molecule has 1 atom stereocenters. The fourth-order valence-electron chi connectivity index (χ4n) is 2.28. The first-order valence-electron chi connectivity index (χ1n) is 7.00. The monoisotopic (exact) mass is 313 g/mol. The predicted molar refractivity (Wildman–Crippen MR) is 83.3 cm³/mol. The maximum absolute atomic E-state index is 13.5. The van der Waals surface area contributed by atoms with E-state index in [0.717, 1.165) is 29.9 Å². The summed E-state index contributed by atoms with van der Waals surface area (Å²) in [5.41, 5.74) is 1.57. The number of rotatable bonds is 7. The van der Waals surface area contributed by atoms with Crippen LogP contribution < -0.4 is 0 Å². The quantitative estimate of drug-likeness (QED) is 0.736. The highest BCUT2D eigenvalue weighted by Gasteiger charge is 2.15. The molecular weight excluding hydrogens is 293 g/mol. The predicted octanol–water partition coefficient (Wildman–Crippen LogP) is 3.05. The summed E-state index contributed by atoms with van der Waals surface area (Å²) < 4.78 is 20.6. The fraction of sp³-hybridized carbons (Fsp3) is 0.533. The van der Waals surface area contributed by atoms with Gasteiger partial charge in [0.25, 0.3) is 0 Å². The Bertz CT molecular complexity index is 600. The van der Waals surface area contributed by atoms with E-state index in [0.29, 0.717) is 13.2 Å². The maximum Gasteiger partial charge on any atom is 0.127 e. The van der Waals surface area contributed by atoms with E-state index in [2.05, 4.69) is 9.88 Å². The number of hydrogen-bond acceptors (Lipinski definition) is 3. The summed E-state index contributed by atoms with van der Waals surface area (Å²) >= 11 is 6.21. The van der Waals surface area contributed by atoms with E-state index in [1.807, 2.05) is 18.5 Å². The second-order valence-corrected chi connectivity index (χ2v) is 5.82. The molecule has 0 aliphatic carbocycles. The highest BCUT2D eigenvalue weighted by Crippen LogP contribution is 2.25. The van der Waals surface area contributed by atoms with Crippen LogP contribution in [-0.2, 0) is 11.3 Å². The van der Waals surface area contributed by atoms with Crippen LogP contribution in [0.3, 0.4) is 0 Å². The maximum atomic E-state index is 13.5. The van der Waals surface area contributed by atoms with E-state index in [-0.39, 0.29) is 11.2 Å². The van der Waals surface area contributed by atoms with E-state index in [1.54, 1.807) is 13.2 Å². The number of benzene rings is 1. The number of ether oxygens (including phenoxy) is 1. The molecule has 6 heteroatoms. The summed E-state index contributed by atoms with van der Waals surface area (Å²) in [5, 5.41) is -0.218. The van der Waals surface area contributed by atoms with Gasteiger partial charge in [-0.25, -0.2) is 9.37 Å². The largest absolute Gasteiger partial charge is 0.383 e. The lowest BCUT2D eigenvalue weighted by Gasteiger charge is -2.18. The van der Waals surface area contributed by atoms with Crippen molar-refractivity contribution in [3.63, 3.8) is 0 Å². The van der Waals surface area contributed by atoms with Crippen molar-refractivity contribution in [3.8, 4) is 0 Å². The molecule has 116 valence electrons. The molecule has 0 aliphatic rings. The summed E-state index contributed by atoms with van der Waals surface area (Å²) in [6, 6.07) is 4.63. The Labute approximate surface area is 129 Å². The first kappa shape index (κ1) is 16.2. The standard InChI is InChI=1S/C15H21ClFN3O/c1-11(16)15-18-13-5-4-12(17)10-14(13)20(15)7-6-19(2)8-9-21-3/h4-5,10-11H,6-9H2,1-3H3. The number of imidazole rings is 1. The number of halogens is 2. The van der Waals surface area contributed by atoms with E-state index in [1.165, 1.54) is 12.1 Å². The molecule has 0 N–H and O–H groups in total. The Kier molecular flexibility index (Phi) is 5.56. The van der Waals surface area contributed by atoms with Gasteiger partial charge in [0.2, 0.25) is 0 Å². The van der Waals surface area contributed by atoms with Crippen LogP contribution in [0.1, 0.15) is 18.1 Å². The molecule has 1 unspecified atom stereocenters. The molecule has 0 amide bonds. The summed E-state index contributed by atoms with van der Waals surface area (Å²) in [5.74, 6) is 0.516. The van der Waals surface area contributed by atoms with Gasteiger partial charge >= 0.3 is 0 Å². The average Bonchev–Trinajstić information content (AvgIpc) is 2.81. The second kappa shape index (κ2) is 7.20. The molecule has 0 bridgehead atoms. The van der Waals surface area contributed by atoms with Crippen molar-refractivity contribution in [1.29, 1.82) is 0 Å². The molecule has 21 heavy (non-hydrogen) atoms. The minimum absolute atomic E-state index is 0.218. The van der Waals surface area contributed by atoms with E-state index in [9.17, 15) is 4.39 Å². The lowest BCUT2D eigenvalue weighted by Crippen LogP contribution is -2.27. The fourth-order valence-corrected chi connectivity index (χ4v) is 2.45. The lowest BCUT2D eigenvalue weighted by molar-refractivity contribution is 0.159. The van der Waals surface area contributed by atoms with Crippen molar-refractivity contribution in [2.24, 2.45) is 0 Å². The summed E-state index contributed by atoms with van der Waals surface area (Å²) in [4.78, 5) is 6.68. The number of hydrogen-bond donors (Lipinski definition) is 0. The number of fused-ring (bicyclic) bond motifs is 1. The van der Waals surface area contributed by atoms with Crippen LogP contribution in [-0.4, -0.2) is 48.3 Å². The molecule has 0 radical (unpaired) electrons. The number of nitrogens with zero attached hydrogens (tertiary/aromatic N) is 3. The van der Waals surface area contributed by atoms with Crippen LogP contribution in [0.4, 0.5) is 4.39 Å². The van der Waals surface area contributed by atoms with Gasteiger partial charge in [-0.3, -0.25) is 0 Å². The minimum Gasteiger partial charge on any atom is -0.383 e. The van der Waals surface area contributed by atoms with Crippen LogP contribution >= 0.6 is 11.6 Å². The normalized spacial score (nSPS) is 13.2. The van der Waals surface area contributed by atoms with Gasteiger partial charge in [0.05, 0.1) is 23.0 Å². The first-order valence-corrected chi connectivity index (χ1v) is 7.43. The second-order valence-electron chi connectivity index (χ2n) is 5.17. The van der Waals surface area contributed by atoms with Crippen molar-refractivity contribution < 1.29 is 9.13 Å². The molecule has 1 aromatic carbocycles. The zero-order valence-electron chi connectivity index (χ0n) is 12.6. The molecule has 0 spiro atoms. The SMILES string of the molecule is COCCN(C)CCn1c(C(C)Cl)nc2ccc(F)cc21. The Balaban J connectivity index is 2.23. The molecule has 1 heterocycles. The third-order valence-corrected chi connectivity index (χ3v) is 3.67. The third kappa shape index (κ3) is 3.93. The Hall–Kier alpha value is -1.17. The minimum atomic E-state index is -0.259. The van der Waals surface area contributed by atoms with Crippen molar-refractivity contribution in [1.82, 2.24) is 14.5 Å². The first-order chi connectivity index (χ1) is 10.0. The van der Waals surface area contributed by atoms with Crippen LogP contribution in [0.5, 0.6) is 0 Å². The van der Waals surface area contributed by atoms with Gasteiger partial charge in [0.1, 0.15) is 11.6 Å². The van der Waals surface area contributed by atoms with Crippen LogP contribution in [0, 0.1) is 5.82 Å². The summed E-state index contributed by atoms with van der Waals surface area (Å²) in [6.07, 6.45) is 0. The van der Waals surface area contributed by atoms with Crippen LogP contribution in [0.2, 0.25) is 0 Å². The Morgan fingerprint density at radius 2 is 2.19 bits per heavy atom. The van der Waals surface area contributed by atoms with Crippen LogP contribution in [0.25, 0.3) is 11.0 Å². The number of likely N-dealkylation sites (N-methyl/N-ethyl adjacent to an activating group) is 1. The number of aromatic nitrogens is 2. The van der Waals surface area contributed by atoms with Gasteiger partial charge in [-0.2, -0.15) is 0 Å². The van der Waals surface area contributed by atoms with Gasteiger partial charge in [-0.15, -0.1) is 11.6 Å². The molecule has 0 saturated carbocycles. The Morgan fingerprint density at radius 3 is 2.86 bits per heavy atom. The molecule has 0 aliphatic heterocycles. The van der Waals surface area contributed by atoms with Crippen molar-refractivity contribution >= 4 is 22.6 Å². The smallest absolute Gasteiger partial charge is 0.127 e. The summed E-state index contributed by atoms with van der Waals surface area (Å²) in [6.45, 7) is 4.95. The zero-order chi connectivity index (χ0) is 15.4. The molecular formula is C15H21ClFN3O. The van der Waals surface area contributed by atoms with Crippen LogP contribution in [0.15, 0.2) is 18.2 Å². The van der Waals surface area contributed by atoms with Crippen molar-refractivity contribution in [2.75, 3.05) is 33.9 Å². The highest BCUT2D eigenvalue weighted by atomic mass is 35.5. The molecule has 2 aromatic rings. The molecule has 0 saturated heterocycles. The number of alkyl halides is 1. The molecule has 1 aromatic heterocycles. The van der Waals surface area contributed by atoms with Gasteiger partial charge < -0.3 is 14.2 Å². The number of methoxy groups -OCH3 is 1. The molecule has 4 nitrogen and oxygen atoms in total. The average molecular weight is 314 g/mol. The van der Waals surface area contributed by atoms with Gasteiger partial charge in [0, 0.05) is 26.7 Å². The van der Waals surface area contributed by atoms with Crippen molar-refractivity contribution in [3.05, 3.63) is 29.8 Å². The third-order valence-electron chi connectivity index (χ3n) is 3.48. The highest BCUT2D eigenvalue weighted by molar-refractivity contribution is 6.20. The summed E-state index contributed by atoms with van der Waals surface area (Å²) in [7, 11) is 3.72. The van der Waals surface area contributed by atoms with E-state index >= 15 is 0 Å². The topological polar surface area (TPSA) is 30.3 Å². The Morgan fingerprint density at radius 1 is 1.43 bits per heavy atom. The zero-order valence-corrected chi connectivity index (χ0v) is 13.4. The van der Waals surface area contributed by atoms with Gasteiger partial charge in [0.15, 0.2) is 0 Å². The lowest BCUT2D eigenvalue weighted by atomic mass is 10.3. The van der Waals surface area contributed by atoms with Gasteiger partial charge in [-0.1, -0.05) is 0 Å².